The van der Waals surface area contributed by atoms with Gasteiger partial charge in [-0.05, 0) is 43.4 Å². The van der Waals surface area contributed by atoms with Crippen molar-refractivity contribution >= 4 is 17.7 Å². The summed E-state index contributed by atoms with van der Waals surface area (Å²) in [7, 11) is 0. The van der Waals surface area contributed by atoms with Gasteiger partial charge in [-0.25, -0.2) is 4.39 Å². The van der Waals surface area contributed by atoms with Gasteiger partial charge >= 0.3 is 0 Å². The van der Waals surface area contributed by atoms with E-state index >= 15 is 0 Å². The molecule has 3 atom stereocenters. The van der Waals surface area contributed by atoms with Gasteiger partial charge in [-0.15, -0.1) is 0 Å². The van der Waals surface area contributed by atoms with Crippen LogP contribution in [0.3, 0.4) is 0 Å². The summed E-state index contributed by atoms with van der Waals surface area (Å²) in [5, 5.41) is 5.95. The van der Waals surface area contributed by atoms with Crippen molar-refractivity contribution in [2.24, 2.45) is 5.92 Å². The smallest absolute Gasteiger partial charge is 0.246 e. The highest BCUT2D eigenvalue weighted by molar-refractivity contribution is 5.97. The lowest BCUT2D eigenvalue weighted by atomic mass is 9.87. The van der Waals surface area contributed by atoms with Crippen LogP contribution in [0, 0.1) is 11.7 Å². The molecule has 2 saturated heterocycles. The van der Waals surface area contributed by atoms with Gasteiger partial charge in [0.2, 0.25) is 17.7 Å². The Hall–Kier alpha value is -2.44. The first-order valence-corrected chi connectivity index (χ1v) is 10.7. The number of rotatable bonds is 4. The number of amides is 3. The third-order valence-electron chi connectivity index (χ3n) is 6.48. The Kier molecular flexibility index (Phi) is 5.83. The van der Waals surface area contributed by atoms with Crippen molar-refractivity contribution in [2.45, 2.75) is 69.5 Å². The van der Waals surface area contributed by atoms with Crippen molar-refractivity contribution in [1.82, 2.24) is 15.5 Å². The van der Waals surface area contributed by atoms with E-state index in [1.54, 1.807) is 17.0 Å². The summed E-state index contributed by atoms with van der Waals surface area (Å²) in [6.45, 7) is 0.465. The number of benzene rings is 1. The molecule has 3 aliphatic rings. The first-order valence-electron chi connectivity index (χ1n) is 10.7. The van der Waals surface area contributed by atoms with E-state index in [0.29, 0.717) is 25.8 Å². The second-order valence-corrected chi connectivity index (χ2v) is 8.50. The summed E-state index contributed by atoms with van der Waals surface area (Å²) in [4.78, 5) is 39.8. The topological polar surface area (TPSA) is 78.5 Å². The molecule has 0 spiro atoms. The van der Waals surface area contributed by atoms with Crippen LogP contribution in [0.5, 0.6) is 0 Å². The lowest BCUT2D eigenvalue weighted by Gasteiger charge is -2.44. The van der Waals surface area contributed by atoms with Crippen LogP contribution in [0.4, 0.5) is 4.39 Å². The fourth-order valence-corrected chi connectivity index (χ4v) is 4.82. The Morgan fingerprint density at radius 3 is 2.55 bits per heavy atom. The molecule has 1 saturated carbocycles. The number of carbonyl (C=O) groups is 3. The van der Waals surface area contributed by atoms with Crippen molar-refractivity contribution in [1.29, 1.82) is 0 Å². The summed E-state index contributed by atoms with van der Waals surface area (Å²) in [6.07, 6.45) is 6.76. The molecule has 2 N–H and O–H groups in total. The number of piperidine rings is 1. The molecule has 4 rings (SSSR count). The highest BCUT2D eigenvalue weighted by atomic mass is 19.1. The summed E-state index contributed by atoms with van der Waals surface area (Å²) in [5.41, 5.74) is 0.804. The van der Waals surface area contributed by atoms with Crippen molar-refractivity contribution in [3.8, 4) is 0 Å². The van der Waals surface area contributed by atoms with Crippen LogP contribution in [0.2, 0.25) is 0 Å². The molecule has 1 aromatic carbocycles. The predicted octanol–water partition coefficient (Wildman–Crippen LogP) is 1.92. The van der Waals surface area contributed by atoms with Crippen molar-refractivity contribution in [3.05, 3.63) is 35.6 Å². The fourth-order valence-electron chi connectivity index (χ4n) is 4.82. The maximum Gasteiger partial charge on any atom is 0.246 e. The Labute approximate surface area is 170 Å². The minimum Gasteiger partial charge on any atom is -0.353 e. The summed E-state index contributed by atoms with van der Waals surface area (Å²) >= 11 is 0. The molecule has 6 nitrogen and oxygen atoms in total. The molecule has 7 heteroatoms. The van der Waals surface area contributed by atoms with E-state index in [4.69, 9.17) is 0 Å². The highest BCUT2D eigenvalue weighted by Crippen LogP contribution is 2.26. The van der Waals surface area contributed by atoms with Gasteiger partial charge < -0.3 is 15.5 Å². The number of nitrogens with zero attached hydrogens (tertiary/aromatic N) is 1. The maximum absolute atomic E-state index is 13.1. The van der Waals surface area contributed by atoms with Crippen molar-refractivity contribution in [2.75, 3.05) is 6.54 Å². The van der Waals surface area contributed by atoms with E-state index in [0.717, 1.165) is 31.2 Å². The lowest BCUT2D eigenvalue weighted by Crippen LogP contribution is -2.67. The van der Waals surface area contributed by atoms with Crippen LogP contribution in [0.1, 0.15) is 50.5 Å². The molecule has 2 aliphatic heterocycles. The largest absolute Gasteiger partial charge is 0.353 e. The molecule has 0 radical (unpaired) electrons. The quantitative estimate of drug-likeness (QED) is 0.809. The number of hydrogen-bond acceptors (Lipinski definition) is 3. The van der Waals surface area contributed by atoms with E-state index in [1.807, 2.05) is 0 Å². The number of carbonyl (C=O) groups excluding carboxylic acids is 3. The van der Waals surface area contributed by atoms with Gasteiger partial charge in [0.25, 0.3) is 0 Å². The first kappa shape index (κ1) is 19.9. The molecule has 1 aromatic rings. The number of nitrogens with one attached hydrogen (secondary N) is 2. The van der Waals surface area contributed by atoms with Crippen LogP contribution in [0.25, 0.3) is 0 Å². The minimum atomic E-state index is -0.627. The van der Waals surface area contributed by atoms with E-state index in [-0.39, 0.29) is 35.5 Å². The Morgan fingerprint density at radius 1 is 1.10 bits per heavy atom. The van der Waals surface area contributed by atoms with Gasteiger partial charge in [0.1, 0.15) is 17.9 Å². The van der Waals surface area contributed by atoms with Crippen LogP contribution in [-0.4, -0.2) is 47.3 Å². The molecular formula is C22H28FN3O3. The van der Waals surface area contributed by atoms with Crippen LogP contribution < -0.4 is 10.6 Å². The third-order valence-corrected chi connectivity index (χ3v) is 6.48. The van der Waals surface area contributed by atoms with Gasteiger partial charge in [0.15, 0.2) is 0 Å². The van der Waals surface area contributed by atoms with E-state index < -0.39 is 12.1 Å². The third kappa shape index (κ3) is 4.43. The summed E-state index contributed by atoms with van der Waals surface area (Å²) < 4.78 is 13.1. The average Bonchev–Trinajstić information content (AvgIpc) is 2.74. The molecular weight excluding hydrogens is 373 g/mol. The molecule has 156 valence electrons. The van der Waals surface area contributed by atoms with Crippen molar-refractivity contribution in [3.63, 3.8) is 0 Å². The Bertz CT molecular complexity index is 776. The number of fused-ring (bicyclic) bond motifs is 1. The molecule has 0 aromatic heterocycles. The normalized spacial score (nSPS) is 27.9. The van der Waals surface area contributed by atoms with Gasteiger partial charge in [-0.3, -0.25) is 14.4 Å². The second-order valence-electron chi connectivity index (χ2n) is 8.50. The molecule has 29 heavy (non-hydrogen) atoms. The molecule has 1 aliphatic carbocycles. The van der Waals surface area contributed by atoms with Crippen LogP contribution in [0.15, 0.2) is 24.3 Å². The Balaban J connectivity index is 1.35. The number of halogens is 1. The SMILES string of the molecule is O=C(N[C@H]1CCN2C(=O)[C@H](Cc3ccc(F)cc3)NC(=O)[C@@H]2C1)C1CCCCC1. The summed E-state index contributed by atoms with van der Waals surface area (Å²) in [6, 6.07) is 4.75. The zero-order chi connectivity index (χ0) is 20.4. The number of hydrogen-bond donors (Lipinski definition) is 2. The minimum absolute atomic E-state index is 0.0714. The fraction of sp³-hybridized carbons (Fsp3) is 0.591. The van der Waals surface area contributed by atoms with Crippen LogP contribution >= 0.6 is 0 Å². The van der Waals surface area contributed by atoms with E-state index in [9.17, 15) is 18.8 Å². The van der Waals surface area contributed by atoms with Gasteiger partial charge in [-0.2, -0.15) is 0 Å². The monoisotopic (exact) mass is 401 g/mol. The molecule has 3 amide bonds. The zero-order valence-electron chi connectivity index (χ0n) is 16.5. The first-order chi connectivity index (χ1) is 14.0. The van der Waals surface area contributed by atoms with E-state index in [1.165, 1.54) is 18.6 Å². The maximum atomic E-state index is 13.1. The van der Waals surface area contributed by atoms with Gasteiger partial charge in [0, 0.05) is 24.9 Å². The molecule has 2 heterocycles. The Morgan fingerprint density at radius 2 is 1.83 bits per heavy atom. The summed E-state index contributed by atoms with van der Waals surface area (Å²) in [5.74, 6) is -0.418. The molecule has 3 fully saturated rings. The van der Waals surface area contributed by atoms with E-state index in [2.05, 4.69) is 10.6 Å². The number of piperazine rings is 1. The van der Waals surface area contributed by atoms with Crippen LogP contribution in [-0.2, 0) is 20.8 Å². The zero-order valence-corrected chi connectivity index (χ0v) is 16.5. The van der Waals surface area contributed by atoms with Crippen molar-refractivity contribution < 1.29 is 18.8 Å². The predicted molar refractivity (Wildman–Crippen MR) is 105 cm³/mol. The molecule has 0 unspecified atom stereocenters. The standard InChI is InChI=1S/C22H28FN3O3/c23-16-8-6-14(7-9-16)12-18-22(29)26-11-10-17(13-19(26)21(28)25-18)24-20(27)15-4-2-1-3-5-15/h6-9,15,17-19H,1-5,10-13H2,(H,24,27)(H,25,28)/t17-,18-,19-/m0/s1. The lowest BCUT2D eigenvalue weighted by molar-refractivity contribution is -0.152. The molecule has 0 bridgehead atoms. The highest BCUT2D eigenvalue weighted by Gasteiger charge is 2.44. The van der Waals surface area contributed by atoms with Gasteiger partial charge in [0.05, 0.1) is 0 Å². The second kappa shape index (κ2) is 8.51. The average molecular weight is 401 g/mol. The van der Waals surface area contributed by atoms with Gasteiger partial charge in [-0.1, -0.05) is 31.4 Å².